The zero-order valence-electron chi connectivity index (χ0n) is 13.2. The fraction of sp³-hybridized carbons (Fsp3) is 0.941. The summed E-state index contributed by atoms with van der Waals surface area (Å²) >= 11 is 0. The number of hydrogen-bond donors (Lipinski definition) is 2. The smallest absolute Gasteiger partial charge is 0.315 e. The van der Waals surface area contributed by atoms with E-state index in [2.05, 4.69) is 31.4 Å². The molecule has 3 fully saturated rings. The van der Waals surface area contributed by atoms with Gasteiger partial charge in [-0.2, -0.15) is 0 Å². The van der Waals surface area contributed by atoms with Gasteiger partial charge in [-0.05, 0) is 62.2 Å². The third kappa shape index (κ3) is 2.44. The number of amides is 2. The van der Waals surface area contributed by atoms with E-state index in [0.29, 0.717) is 12.0 Å². The van der Waals surface area contributed by atoms with Crippen LogP contribution in [0.2, 0.25) is 0 Å². The summed E-state index contributed by atoms with van der Waals surface area (Å²) in [6, 6.07) is 0.770. The van der Waals surface area contributed by atoms with E-state index in [-0.39, 0.29) is 12.1 Å². The van der Waals surface area contributed by atoms with E-state index in [4.69, 9.17) is 0 Å². The molecule has 2 N–H and O–H groups in total. The predicted molar refractivity (Wildman–Crippen MR) is 81.4 cm³/mol. The quantitative estimate of drug-likeness (QED) is 0.811. The standard InChI is InChI=1S/C17H30N2O/c1-4-10(2)11(3)18-17(20)19-16-9-12-8-15(16)14-7-5-6-13(12)14/h10-16H,4-9H2,1-3H3,(H2,18,19,20)/t10-,11-,12+,13+,14-,15-,16+/m0/s1. The molecular formula is C17H30N2O. The number of urea groups is 1. The molecule has 2 bridgehead atoms. The van der Waals surface area contributed by atoms with Gasteiger partial charge in [-0.25, -0.2) is 4.79 Å². The van der Waals surface area contributed by atoms with E-state index >= 15 is 0 Å². The molecule has 0 spiro atoms. The van der Waals surface area contributed by atoms with Crippen LogP contribution in [0.5, 0.6) is 0 Å². The second-order valence-corrected chi connectivity index (χ2v) is 7.55. The summed E-state index contributed by atoms with van der Waals surface area (Å²) in [5, 5.41) is 6.41. The molecule has 3 aliphatic rings. The lowest BCUT2D eigenvalue weighted by molar-refractivity contribution is 0.194. The maximum atomic E-state index is 12.2. The summed E-state index contributed by atoms with van der Waals surface area (Å²) in [6.07, 6.45) is 8.01. The SMILES string of the molecule is CC[C@H](C)[C@H](C)NC(=O)N[C@@H]1C[C@H]2C[C@H]1[C@H]1CCC[C@H]21. The first-order valence-corrected chi connectivity index (χ1v) is 8.67. The van der Waals surface area contributed by atoms with Crippen molar-refractivity contribution in [2.45, 2.75) is 71.4 Å². The molecule has 3 rings (SSSR count). The van der Waals surface area contributed by atoms with Crippen molar-refractivity contribution in [2.24, 2.45) is 29.6 Å². The zero-order chi connectivity index (χ0) is 14.3. The largest absolute Gasteiger partial charge is 0.335 e. The number of rotatable bonds is 4. The van der Waals surface area contributed by atoms with Crippen molar-refractivity contribution in [1.29, 1.82) is 0 Å². The van der Waals surface area contributed by atoms with Gasteiger partial charge in [-0.3, -0.25) is 0 Å². The minimum Gasteiger partial charge on any atom is -0.335 e. The molecule has 3 heteroatoms. The predicted octanol–water partition coefficient (Wildman–Crippen LogP) is 3.54. The zero-order valence-corrected chi connectivity index (χ0v) is 13.2. The lowest BCUT2D eigenvalue weighted by atomic mass is 9.79. The van der Waals surface area contributed by atoms with Gasteiger partial charge in [0.05, 0.1) is 0 Å². The highest BCUT2D eigenvalue weighted by molar-refractivity contribution is 5.74. The van der Waals surface area contributed by atoms with Crippen LogP contribution in [0.15, 0.2) is 0 Å². The molecular weight excluding hydrogens is 248 g/mol. The lowest BCUT2D eigenvalue weighted by Gasteiger charge is -2.32. The van der Waals surface area contributed by atoms with Gasteiger partial charge >= 0.3 is 6.03 Å². The molecule has 0 saturated heterocycles. The van der Waals surface area contributed by atoms with Crippen LogP contribution in [0.4, 0.5) is 4.79 Å². The van der Waals surface area contributed by atoms with Crippen LogP contribution >= 0.6 is 0 Å². The minimum atomic E-state index is 0.0601. The molecule has 0 radical (unpaired) electrons. The summed E-state index contributed by atoms with van der Waals surface area (Å²) < 4.78 is 0. The number of fused-ring (bicyclic) bond motifs is 5. The molecule has 2 amide bonds. The van der Waals surface area contributed by atoms with Gasteiger partial charge in [-0.1, -0.05) is 26.7 Å². The summed E-state index contributed by atoms with van der Waals surface area (Å²) in [5.41, 5.74) is 0. The van der Waals surface area contributed by atoms with Crippen molar-refractivity contribution in [3.05, 3.63) is 0 Å². The number of carbonyl (C=O) groups is 1. The fourth-order valence-corrected chi connectivity index (χ4v) is 5.15. The summed E-state index contributed by atoms with van der Waals surface area (Å²) in [4.78, 5) is 12.2. The van der Waals surface area contributed by atoms with Crippen LogP contribution in [-0.4, -0.2) is 18.1 Å². The molecule has 3 saturated carbocycles. The average molecular weight is 278 g/mol. The van der Waals surface area contributed by atoms with Gasteiger partial charge in [0.2, 0.25) is 0 Å². The molecule has 0 aliphatic heterocycles. The maximum absolute atomic E-state index is 12.2. The first-order valence-electron chi connectivity index (χ1n) is 8.67. The van der Waals surface area contributed by atoms with Crippen LogP contribution in [0.1, 0.15) is 59.3 Å². The van der Waals surface area contributed by atoms with Crippen molar-refractivity contribution in [2.75, 3.05) is 0 Å². The van der Waals surface area contributed by atoms with Crippen LogP contribution in [0.25, 0.3) is 0 Å². The second-order valence-electron chi connectivity index (χ2n) is 7.55. The van der Waals surface area contributed by atoms with E-state index in [1.165, 1.54) is 32.1 Å². The molecule has 0 aromatic rings. The minimum absolute atomic E-state index is 0.0601. The Kier molecular flexibility index (Phi) is 3.96. The molecule has 114 valence electrons. The van der Waals surface area contributed by atoms with Gasteiger partial charge in [0, 0.05) is 12.1 Å². The van der Waals surface area contributed by atoms with Crippen molar-refractivity contribution in [3.63, 3.8) is 0 Å². The number of hydrogen-bond acceptors (Lipinski definition) is 1. The molecule has 3 aliphatic carbocycles. The molecule has 0 aromatic carbocycles. The van der Waals surface area contributed by atoms with E-state index in [9.17, 15) is 4.79 Å². The number of nitrogens with one attached hydrogen (secondary N) is 2. The van der Waals surface area contributed by atoms with Crippen molar-refractivity contribution >= 4 is 6.03 Å². The molecule has 0 aromatic heterocycles. The normalized spacial score (nSPS) is 41.2. The monoisotopic (exact) mass is 278 g/mol. The average Bonchev–Trinajstić information content (AvgIpc) is 3.08. The van der Waals surface area contributed by atoms with Gasteiger partial charge in [-0.15, -0.1) is 0 Å². The Morgan fingerprint density at radius 1 is 1.15 bits per heavy atom. The highest BCUT2D eigenvalue weighted by Gasteiger charge is 2.54. The van der Waals surface area contributed by atoms with E-state index in [1.807, 2.05) is 0 Å². The van der Waals surface area contributed by atoms with Crippen molar-refractivity contribution in [3.8, 4) is 0 Å². The topological polar surface area (TPSA) is 41.1 Å². The first kappa shape index (κ1) is 14.2. The highest BCUT2D eigenvalue weighted by Crippen LogP contribution is 2.58. The Morgan fingerprint density at radius 3 is 2.65 bits per heavy atom. The Labute approximate surface area is 123 Å². The van der Waals surface area contributed by atoms with Crippen LogP contribution in [0, 0.1) is 29.6 Å². The maximum Gasteiger partial charge on any atom is 0.315 e. The van der Waals surface area contributed by atoms with Gasteiger partial charge in [0.1, 0.15) is 0 Å². The van der Waals surface area contributed by atoms with Crippen molar-refractivity contribution < 1.29 is 4.79 Å². The van der Waals surface area contributed by atoms with E-state index in [0.717, 1.165) is 30.1 Å². The molecule has 7 atom stereocenters. The Hall–Kier alpha value is -0.730. The second kappa shape index (κ2) is 5.57. The fourth-order valence-electron chi connectivity index (χ4n) is 5.15. The molecule has 0 heterocycles. The molecule has 20 heavy (non-hydrogen) atoms. The third-order valence-electron chi connectivity index (χ3n) is 6.60. The number of carbonyl (C=O) groups excluding carboxylic acids is 1. The van der Waals surface area contributed by atoms with E-state index < -0.39 is 0 Å². The van der Waals surface area contributed by atoms with Gasteiger partial charge in [0.15, 0.2) is 0 Å². The highest BCUT2D eigenvalue weighted by atomic mass is 16.2. The van der Waals surface area contributed by atoms with Gasteiger partial charge in [0.25, 0.3) is 0 Å². The lowest BCUT2D eigenvalue weighted by Crippen LogP contribution is -2.50. The Morgan fingerprint density at radius 2 is 1.90 bits per heavy atom. The first-order chi connectivity index (χ1) is 9.60. The Balaban J connectivity index is 1.51. The van der Waals surface area contributed by atoms with Crippen LogP contribution in [-0.2, 0) is 0 Å². The van der Waals surface area contributed by atoms with Crippen LogP contribution in [0.3, 0.4) is 0 Å². The van der Waals surface area contributed by atoms with Gasteiger partial charge < -0.3 is 10.6 Å². The summed E-state index contributed by atoms with van der Waals surface area (Å²) in [5.74, 6) is 4.15. The Bertz CT molecular complexity index is 370. The summed E-state index contributed by atoms with van der Waals surface area (Å²) in [7, 11) is 0. The third-order valence-corrected chi connectivity index (χ3v) is 6.60. The summed E-state index contributed by atoms with van der Waals surface area (Å²) in [6.45, 7) is 6.49. The molecule has 3 nitrogen and oxygen atoms in total. The van der Waals surface area contributed by atoms with Crippen LogP contribution < -0.4 is 10.6 Å². The van der Waals surface area contributed by atoms with Crippen molar-refractivity contribution in [1.82, 2.24) is 10.6 Å². The van der Waals surface area contributed by atoms with E-state index in [1.54, 1.807) is 0 Å². The molecule has 0 unspecified atom stereocenters.